The van der Waals surface area contributed by atoms with Gasteiger partial charge in [-0.05, 0) is 24.3 Å². The fourth-order valence-corrected chi connectivity index (χ4v) is 3.08. The molecule has 1 atom stereocenters. The standard InChI is InChI=1S/C14H12ClF2NO3S/c15-11-4-2-1-3-10(11)14(19)8-18-22(20,21)9-5-6-12(16)13(17)7-9/h1-7,14,18-19H,8H2. The number of halogens is 3. The molecule has 0 saturated heterocycles. The van der Waals surface area contributed by atoms with Gasteiger partial charge in [-0.2, -0.15) is 0 Å². The number of aliphatic hydroxyl groups excluding tert-OH is 1. The molecule has 2 N–H and O–H groups in total. The molecule has 0 radical (unpaired) electrons. The molecule has 0 spiro atoms. The number of nitrogens with one attached hydrogen (secondary N) is 1. The summed E-state index contributed by atoms with van der Waals surface area (Å²) < 4.78 is 52.0. The van der Waals surface area contributed by atoms with E-state index in [2.05, 4.69) is 4.72 Å². The van der Waals surface area contributed by atoms with Crippen molar-refractivity contribution in [1.29, 1.82) is 0 Å². The van der Waals surface area contributed by atoms with E-state index in [1.807, 2.05) is 0 Å². The summed E-state index contributed by atoms with van der Waals surface area (Å²) in [5, 5.41) is 10.3. The van der Waals surface area contributed by atoms with Crippen molar-refractivity contribution in [2.45, 2.75) is 11.0 Å². The minimum atomic E-state index is -4.08. The maximum absolute atomic E-state index is 13.1. The van der Waals surface area contributed by atoms with Crippen LogP contribution < -0.4 is 4.72 Å². The van der Waals surface area contributed by atoms with Crippen LogP contribution in [0.2, 0.25) is 5.02 Å². The predicted octanol–water partition coefficient (Wildman–Crippen LogP) is 2.63. The van der Waals surface area contributed by atoms with Gasteiger partial charge in [0.05, 0.1) is 11.0 Å². The fraction of sp³-hybridized carbons (Fsp3) is 0.143. The first-order valence-corrected chi connectivity index (χ1v) is 8.04. The van der Waals surface area contributed by atoms with Crippen molar-refractivity contribution in [3.05, 3.63) is 64.7 Å². The minimum absolute atomic E-state index is 0.294. The first-order chi connectivity index (χ1) is 10.3. The minimum Gasteiger partial charge on any atom is -0.387 e. The molecule has 2 aromatic rings. The van der Waals surface area contributed by atoms with Gasteiger partial charge < -0.3 is 5.11 Å². The summed E-state index contributed by atoms with van der Waals surface area (Å²) in [7, 11) is -4.08. The van der Waals surface area contributed by atoms with Crippen LogP contribution in [0.5, 0.6) is 0 Å². The fourth-order valence-electron chi connectivity index (χ4n) is 1.77. The third-order valence-electron chi connectivity index (χ3n) is 2.93. The van der Waals surface area contributed by atoms with Gasteiger partial charge in [-0.3, -0.25) is 0 Å². The van der Waals surface area contributed by atoms with Crippen molar-refractivity contribution in [2.75, 3.05) is 6.54 Å². The lowest BCUT2D eigenvalue weighted by molar-refractivity contribution is 0.182. The van der Waals surface area contributed by atoms with E-state index in [-0.39, 0.29) is 6.54 Å². The largest absolute Gasteiger partial charge is 0.387 e. The van der Waals surface area contributed by atoms with Crippen LogP contribution in [0.3, 0.4) is 0 Å². The summed E-state index contributed by atoms with van der Waals surface area (Å²) in [6, 6.07) is 8.65. The average Bonchev–Trinajstić information content (AvgIpc) is 2.48. The van der Waals surface area contributed by atoms with E-state index in [1.54, 1.807) is 24.3 Å². The highest BCUT2D eigenvalue weighted by Gasteiger charge is 2.19. The van der Waals surface area contributed by atoms with Crippen LogP contribution in [0.25, 0.3) is 0 Å². The van der Waals surface area contributed by atoms with Crippen LogP contribution in [-0.4, -0.2) is 20.1 Å². The van der Waals surface area contributed by atoms with Gasteiger partial charge in [0.2, 0.25) is 10.0 Å². The number of aliphatic hydroxyl groups is 1. The normalized spacial score (nSPS) is 13.1. The zero-order valence-corrected chi connectivity index (χ0v) is 12.7. The summed E-state index contributed by atoms with van der Waals surface area (Å²) in [5.41, 5.74) is 0.358. The molecule has 0 bridgehead atoms. The Kier molecular flexibility index (Phi) is 5.12. The molecule has 0 aliphatic heterocycles. The third kappa shape index (κ3) is 3.80. The molecule has 2 rings (SSSR count). The second kappa shape index (κ2) is 6.70. The van der Waals surface area contributed by atoms with E-state index in [9.17, 15) is 22.3 Å². The van der Waals surface area contributed by atoms with Crippen LogP contribution in [0.4, 0.5) is 8.78 Å². The van der Waals surface area contributed by atoms with Crippen LogP contribution in [-0.2, 0) is 10.0 Å². The van der Waals surface area contributed by atoms with E-state index in [1.165, 1.54) is 0 Å². The highest BCUT2D eigenvalue weighted by molar-refractivity contribution is 7.89. The molecule has 22 heavy (non-hydrogen) atoms. The summed E-state index contributed by atoms with van der Waals surface area (Å²) in [6.45, 7) is -0.356. The highest BCUT2D eigenvalue weighted by Crippen LogP contribution is 2.22. The molecule has 0 aromatic heterocycles. The van der Waals surface area contributed by atoms with E-state index >= 15 is 0 Å². The van der Waals surface area contributed by atoms with Crippen LogP contribution in [0.15, 0.2) is 47.4 Å². The molecule has 4 nitrogen and oxygen atoms in total. The molecule has 0 aliphatic rings. The van der Waals surface area contributed by atoms with Gasteiger partial charge in [0, 0.05) is 17.1 Å². The van der Waals surface area contributed by atoms with Crippen molar-refractivity contribution in [1.82, 2.24) is 4.72 Å². The third-order valence-corrected chi connectivity index (χ3v) is 4.70. The Hall–Kier alpha value is -1.54. The first-order valence-electron chi connectivity index (χ1n) is 6.18. The molecule has 0 saturated carbocycles. The van der Waals surface area contributed by atoms with Crippen molar-refractivity contribution < 1.29 is 22.3 Å². The zero-order chi connectivity index (χ0) is 16.3. The van der Waals surface area contributed by atoms with Gasteiger partial charge in [-0.15, -0.1) is 0 Å². The van der Waals surface area contributed by atoms with E-state index in [4.69, 9.17) is 11.6 Å². The molecule has 1 unspecified atom stereocenters. The monoisotopic (exact) mass is 347 g/mol. The second-order valence-corrected chi connectivity index (χ2v) is 6.64. The smallest absolute Gasteiger partial charge is 0.240 e. The average molecular weight is 348 g/mol. The van der Waals surface area contributed by atoms with Gasteiger partial charge in [-0.25, -0.2) is 21.9 Å². The summed E-state index contributed by atoms with van der Waals surface area (Å²) in [4.78, 5) is -0.433. The lowest BCUT2D eigenvalue weighted by atomic mass is 10.1. The summed E-state index contributed by atoms with van der Waals surface area (Å²) >= 11 is 5.90. The van der Waals surface area contributed by atoms with Gasteiger partial charge >= 0.3 is 0 Å². The lowest BCUT2D eigenvalue weighted by Gasteiger charge is -2.14. The topological polar surface area (TPSA) is 66.4 Å². The number of hydrogen-bond acceptors (Lipinski definition) is 3. The molecule has 118 valence electrons. The quantitative estimate of drug-likeness (QED) is 0.873. The number of benzene rings is 2. The van der Waals surface area contributed by atoms with Crippen molar-refractivity contribution in [3.8, 4) is 0 Å². The van der Waals surface area contributed by atoms with Gasteiger partial charge in [-0.1, -0.05) is 29.8 Å². The van der Waals surface area contributed by atoms with Crippen LogP contribution in [0, 0.1) is 11.6 Å². The van der Waals surface area contributed by atoms with Gasteiger partial charge in [0.1, 0.15) is 0 Å². The number of rotatable bonds is 5. The van der Waals surface area contributed by atoms with Gasteiger partial charge in [0.25, 0.3) is 0 Å². The first kappa shape index (κ1) is 16.8. The molecular formula is C14H12ClF2NO3S. The predicted molar refractivity (Wildman–Crippen MR) is 78.0 cm³/mol. The number of sulfonamides is 1. The second-order valence-electron chi connectivity index (χ2n) is 4.47. The summed E-state index contributed by atoms with van der Waals surface area (Å²) in [6.07, 6.45) is -1.17. The van der Waals surface area contributed by atoms with E-state index < -0.39 is 32.7 Å². The Morgan fingerprint density at radius 3 is 2.45 bits per heavy atom. The maximum Gasteiger partial charge on any atom is 0.240 e. The molecule has 0 heterocycles. The molecular weight excluding hydrogens is 336 g/mol. The molecule has 0 amide bonds. The van der Waals surface area contributed by atoms with E-state index in [0.717, 1.165) is 6.07 Å². The molecule has 0 aliphatic carbocycles. The summed E-state index contributed by atoms with van der Waals surface area (Å²) in [5.74, 6) is -2.41. The Morgan fingerprint density at radius 2 is 1.82 bits per heavy atom. The molecule has 0 fully saturated rings. The zero-order valence-electron chi connectivity index (χ0n) is 11.1. The van der Waals surface area contributed by atoms with Crippen molar-refractivity contribution in [3.63, 3.8) is 0 Å². The Balaban J connectivity index is 2.13. The van der Waals surface area contributed by atoms with Crippen LogP contribution >= 0.6 is 11.6 Å². The van der Waals surface area contributed by atoms with Crippen molar-refractivity contribution >= 4 is 21.6 Å². The maximum atomic E-state index is 13.1. The number of hydrogen-bond donors (Lipinski definition) is 2. The Bertz CT molecular complexity index is 783. The lowest BCUT2D eigenvalue weighted by Crippen LogP contribution is -2.28. The Morgan fingerprint density at radius 1 is 1.14 bits per heavy atom. The van der Waals surface area contributed by atoms with Crippen LogP contribution in [0.1, 0.15) is 11.7 Å². The molecule has 8 heteroatoms. The molecule has 2 aromatic carbocycles. The van der Waals surface area contributed by atoms with E-state index in [0.29, 0.717) is 22.7 Å². The highest BCUT2D eigenvalue weighted by atomic mass is 35.5. The Labute approximate surface area is 131 Å². The van der Waals surface area contributed by atoms with Gasteiger partial charge in [0.15, 0.2) is 11.6 Å². The van der Waals surface area contributed by atoms with Crippen molar-refractivity contribution in [2.24, 2.45) is 0 Å². The SMILES string of the molecule is O=S(=O)(NCC(O)c1ccccc1Cl)c1ccc(F)c(F)c1.